The van der Waals surface area contributed by atoms with Gasteiger partial charge in [0.1, 0.15) is 11.2 Å². The second-order valence-electron chi connectivity index (χ2n) is 17.7. The van der Waals surface area contributed by atoms with Crippen LogP contribution >= 0.6 is 0 Å². The SMILES string of the molecule is CC1(c2ccccc2)c2ccccc2-c2ccc(-c3ccc(N(c4cccc([Si]5(c6ccccc6)c6ccccc6-c6ccccc65)c4)c4ccc5c(c4)oc4ccccc45)cc3)cc21. The van der Waals surface area contributed by atoms with Crippen LogP contribution in [0.3, 0.4) is 0 Å². The highest BCUT2D eigenvalue weighted by atomic mass is 28.3. The van der Waals surface area contributed by atoms with E-state index in [1.54, 1.807) is 0 Å². The highest BCUT2D eigenvalue weighted by molar-refractivity contribution is 7.22. The normalized spacial score (nSPS) is 15.3. The van der Waals surface area contributed by atoms with Gasteiger partial charge in [-0.2, -0.15) is 0 Å². The van der Waals surface area contributed by atoms with E-state index >= 15 is 0 Å². The standard InChI is InChI=1S/C62H43NOSi/c1-62(44-17-4-2-5-18-44)56-27-12-8-23-50(56)51-37-33-43(39-57(51)62)42-31-34-45(35-32-42)63(47-36-38-53-52-24-9-13-28-58(52)64-59(53)41-47)46-19-16-22-49(40-46)65(48-20-6-3-7-21-48)60-29-14-10-25-54(60)55-26-11-15-30-61(55)65/h2-41H,1H3. The Bertz CT molecular complexity index is 3580. The highest BCUT2D eigenvalue weighted by Crippen LogP contribution is 2.53. The Kier molecular flexibility index (Phi) is 8.40. The molecule has 1 aliphatic heterocycles. The largest absolute Gasteiger partial charge is 0.456 e. The summed E-state index contributed by atoms with van der Waals surface area (Å²) in [5.41, 5.74) is 16.4. The second-order valence-corrected chi connectivity index (χ2v) is 21.4. The molecule has 0 amide bonds. The molecule has 1 unspecified atom stereocenters. The molecule has 0 bridgehead atoms. The molecule has 2 nitrogen and oxygen atoms in total. The molecule has 1 atom stereocenters. The number of benzene rings is 10. The summed E-state index contributed by atoms with van der Waals surface area (Å²) in [4.78, 5) is 2.41. The predicted octanol–water partition coefficient (Wildman–Crippen LogP) is 13.4. The van der Waals surface area contributed by atoms with Crippen molar-refractivity contribution >= 4 is 67.8 Å². The summed E-state index contributed by atoms with van der Waals surface area (Å²) in [6.07, 6.45) is 0. The van der Waals surface area contributed by atoms with Crippen LogP contribution in [0.1, 0.15) is 23.6 Å². The van der Waals surface area contributed by atoms with Crippen LogP contribution in [0.2, 0.25) is 0 Å². The van der Waals surface area contributed by atoms with Crippen molar-refractivity contribution in [3.8, 4) is 33.4 Å². The molecule has 306 valence electrons. The fourth-order valence-corrected chi connectivity index (χ4v) is 16.7. The van der Waals surface area contributed by atoms with Crippen LogP contribution < -0.4 is 25.6 Å². The quantitative estimate of drug-likeness (QED) is 0.149. The summed E-state index contributed by atoms with van der Waals surface area (Å²) in [6, 6.07) is 89.9. The third kappa shape index (κ3) is 5.52. The minimum Gasteiger partial charge on any atom is -0.456 e. The van der Waals surface area contributed by atoms with Crippen LogP contribution in [0.4, 0.5) is 17.1 Å². The van der Waals surface area contributed by atoms with E-state index in [9.17, 15) is 0 Å². The van der Waals surface area contributed by atoms with Crippen molar-refractivity contribution in [3.05, 3.63) is 259 Å². The number of anilines is 3. The molecular formula is C62H43NOSi. The van der Waals surface area contributed by atoms with E-state index in [-0.39, 0.29) is 5.41 Å². The first kappa shape index (κ1) is 37.6. The molecule has 11 aromatic rings. The van der Waals surface area contributed by atoms with Gasteiger partial charge in [0.15, 0.2) is 8.07 Å². The molecule has 2 heterocycles. The molecular weight excluding hydrogens is 803 g/mol. The van der Waals surface area contributed by atoms with Crippen molar-refractivity contribution in [1.29, 1.82) is 0 Å². The Balaban J connectivity index is 0.976. The Morgan fingerprint density at radius 1 is 0.369 bits per heavy atom. The third-order valence-electron chi connectivity index (χ3n) is 14.4. The molecule has 0 radical (unpaired) electrons. The number of nitrogens with zero attached hydrogens (tertiary/aromatic N) is 1. The zero-order chi connectivity index (χ0) is 43.1. The van der Waals surface area contributed by atoms with Crippen molar-refractivity contribution in [1.82, 2.24) is 0 Å². The summed E-state index contributed by atoms with van der Waals surface area (Å²) in [5.74, 6) is 0. The van der Waals surface area contributed by atoms with E-state index in [1.807, 2.05) is 6.07 Å². The molecule has 1 aliphatic carbocycles. The lowest BCUT2D eigenvalue weighted by atomic mass is 9.74. The van der Waals surface area contributed by atoms with Crippen LogP contribution in [0.15, 0.2) is 247 Å². The third-order valence-corrected chi connectivity index (χ3v) is 19.3. The van der Waals surface area contributed by atoms with Gasteiger partial charge in [-0.1, -0.05) is 188 Å². The van der Waals surface area contributed by atoms with Gasteiger partial charge in [-0.15, -0.1) is 0 Å². The molecule has 0 saturated heterocycles. The molecule has 13 rings (SSSR count). The maximum Gasteiger partial charge on any atom is 0.180 e. The molecule has 0 saturated carbocycles. The highest BCUT2D eigenvalue weighted by Gasteiger charge is 2.48. The van der Waals surface area contributed by atoms with Crippen molar-refractivity contribution < 1.29 is 4.42 Å². The predicted molar refractivity (Wildman–Crippen MR) is 274 cm³/mol. The average Bonchev–Trinajstić information content (AvgIpc) is 3.99. The van der Waals surface area contributed by atoms with Crippen LogP contribution in [-0.4, -0.2) is 8.07 Å². The van der Waals surface area contributed by atoms with Crippen LogP contribution in [0.25, 0.3) is 55.3 Å². The maximum absolute atomic E-state index is 6.54. The first-order valence-corrected chi connectivity index (χ1v) is 24.6. The van der Waals surface area contributed by atoms with Gasteiger partial charge in [-0.05, 0) is 126 Å². The molecule has 0 N–H and O–H groups in total. The van der Waals surface area contributed by atoms with Gasteiger partial charge >= 0.3 is 0 Å². The smallest absolute Gasteiger partial charge is 0.180 e. The minimum absolute atomic E-state index is 0.263. The number of furan rings is 1. The Morgan fingerprint density at radius 3 is 1.71 bits per heavy atom. The van der Waals surface area contributed by atoms with Gasteiger partial charge in [-0.25, -0.2) is 0 Å². The van der Waals surface area contributed by atoms with E-state index in [0.717, 1.165) is 39.0 Å². The first-order chi connectivity index (χ1) is 32.1. The lowest BCUT2D eigenvalue weighted by Crippen LogP contribution is -2.72. The minimum atomic E-state index is -2.74. The van der Waals surface area contributed by atoms with Crippen molar-refractivity contribution in [2.45, 2.75) is 12.3 Å². The van der Waals surface area contributed by atoms with Gasteiger partial charge in [0, 0.05) is 39.3 Å². The maximum atomic E-state index is 6.54. The molecule has 1 aromatic heterocycles. The molecule has 10 aromatic carbocycles. The first-order valence-electron chi connectivity index (χ1n) is 22.6. The van der Waals surface area contributed by atoms with Crippen molar-refractivity contribution in [2.24, 2.45) is 0 Å². The van der Waals surface area contributed by atoms with Crippen LogP contribution in [-0.2, 0) is 5.41 Å². The summed E-state index contributed by atoms with van der Waals surface area (Å²) < 4.78 is 6.54. The van der Waals surface area contributed by atoms with Crippen LogP contribution in [0, 0.1) is 0 Å². The van der Waals surface area contributed by atoms with Gasteiger partial charge in [0.25, 0.3) is 0 Å². The van der Waals surface area contributed by atoms with E-state index in [2.05, 4.69) is 248 Å². The van der Waals surface area contributed by atoms with E-state index < -0.39 is 8.07 Å². The summed E-state index contributed by atoms with van der Waals surface area (Å²) in [5, 5.41) is 7.85. The number of para-hydroxylation sites is 1. The Labute approximate surface area is 380 Å². The fraction of sp³-hybridized carbons (Fsp3) is 0.0323. The summed E-state index contributed by atoms with van der Waals surface area (Å²) >= 11 is 0. The van der Waals surface area contributed by atoms with Gasteiger partial charge in [-0.3, -0.25) is 0 Å². The van der Waals surface area contributed by atoms with Gasteiger partial charge < -0.3 is 9.32 Å². The average molecular weight is 846 g/mol. The topological polar surface area (TPSA) is 16.4 Å². The zero-order valence-electron chi connectivity index (χ0n) is 35.9. The monoisotopic (exact) mass is 845 g/mol. The molecule has 65 heavy (non-hydrogen) atoms. The Hall–Kier alpha value is -7.98. The number of hydrogen-bond donors (Lipinski definition) is 0. The zero-order valence-corrected chi connectivity index (χ0v) is 36.9. The summed E-state index contributed by atoms with van der Waals surface area (Å²) in [7, 11) is -2.74. The molecule has 2 aliphatic rings. The summed E-state index contributed by atoms with van der Waals surface area (Å²) in [6.45, 7) is 2.39. The van der Waals surface area contributed by atoms with E-state index in [1.165, 1.54) is 70.8 Å². The van der Waals surface area contributed by atoms with Crippen molar-refractivity contribution in [2.75, 3.05) is 4.90 Å². The molecule has 0 spiro atoms. The number of fused-ring (bicyclic) bond motifs is 9. The van der Waals surface area contributed by atoms with E-state index in [4.69, 9.17) is 4.42 Å². The lowest BCUT2D eigenvalue weighted by molar-refractivity contribution is 0.669. The molecule has 0 fully saturated rings. The second kappa shape index (κ2) is 14.5. The number of hydrogen-bond acceptors (Lipinski definition) is 2. The lowest BCUT2D eigenvalue weighted by Gasteiger charge is -2.33. The number of rotatable bonds is 7. The van der Waals surface area contributed by atoms with Gasteiger partial charge in [0.05, 0.1) is 0 Å². The Morgan fingerprint density at radius 2 is 0.938 bits per heavy atom. The van der Waals surface area contributed by atoms with E-state index in [0.29, 0.717) is 0 Å². The van der Waals surface area contributed by atoms with Crippen LogP contribution in [0.5, 0.6) is 0 Å². The molecule has 3 heteroatoms. The fourth-order valence-electron chi connectivity index (χ4n) is 11.4. The van der Waals surface area contributed by atoms with Gasteiger partial charge in [0.2, 0.25) is 0 Å². The van der Waals surface area contributed by atoms with Crippen molar-refractivity contribution in [3.63, 3.8) is 0 Å².